The maximum absolute atomic E-state index is 3.85. The second-order valence-corrected chi connectivity index (χ2v) is 15.1. The molecule has 0 fully saturated rings. The molecule has 0 aromatic heterocycles. The van der Waals surface area contributed by atoms with Gasteiger partial charge in [0.05, 0.1) is 0 Å². The zero-order chi connectivity index (χ0) is 28.4. The van der Waals surface area contributed by atoms with Crippen LogP contribution in [0.1, 0.15) is 26.3 Å². The van der Waals surface area contributed by atoms with Crippen LogP contribution in [0.3, 0.4) is 0 Å². The van der Waals surface area contributed by atoms with Gasteiger partial charge in [0.2, 0.25) is 0 Å². The third-order valence-electron chi connectivity index (χ3n) is 8.60. The Morgan fingerprint density at radius 2 is 1.19 bits per heavy atom. The Kier molecular flexibility index (Phi) is 5.97. The standard InChI is InChI=1S/C38H31BIN2/c1-38(2,3)25-22-31-37-34(23-25)41-33-21-13-12-20-30(33)39(37)36-29-19-11-10-18-28(29)35(24-32(36)40-31)42(26-14-6-4-7-15-26)27-16-8-5-9-17-27/h4-24,41H,1-3H3/q-1. The molecule has 42 heavy (non-hydrogen) atoms. The molecule has 0 bridgehead atoms. The summed E-state index contributed by atoms with van der Waals surface area (Å²) in [7, 11) is 0. The van der Waals surface area contributed by atoms with E-state index < -0.39 is 21.2 Å². The fraction of sp³-hybridized carbons (Fsp3) is 0.105. The third kappa shape index (κ3) is 4.07. The zero-order valence-electron chi connectivity index (χ0n) is 24.0. The van der Waals surface area contributed by atoms with E-state index in [1.165, 1.54) is 64.7 Å². The summed E-state index contributed by atoms with van der Waals surface area (Å²) in [5.74, 6) is 0. The molecule has 2 aliphatic rings. The average Bonchev–Trinajstić information content (AvgIpc) is 3.01. The van der Waals surface area contributed by atoms with Crippen molar-refractivity contribution in [1.29, 1.82) is 0 Å². The van der Waals surface area contributed by atoms with Crippen LogP contribution in [-0.4, -0.2) is 6.71 Å². The van der Waals surface area contributed by atoms with Crippen molar-refractivity contribution in [2.75, 3.05) is 10.2 Å². The van der Waals surface area contributed by atoms with Gasteiger partial charge in [-0.1, -0.05) is 0 Å². The van der Waals surface area contributed by atoms with E-state index in [4.69, 9.17) is 0 Å². The molecular weight excluding hydrogens is 622 g/mol. The van der Waals surface area contributed by atoms with Crippen molar-refractivity contribution in [3.8, 4) is 0 Å². The molecule has 6 aromatic rings. The van der Waals surface area contributed by atoms with Crippen LogP contribution in [0, 0.1) is 7.14 Å². The second kappa shape index (κ2) is 9.77. The number of nitrogens with one attached hydrogen (secondary N) is 1. The summed E-state index contributed by atoms with van der Waals surface area (Å²) in [4.78, 5) is 2.44. The van der Waals surface area contributed by atoms with Crippen LogP contribution < -0.4 is 47.8 Å². The Bertz CT molecular complexity index is 1940. The molecule has 204 valence electrons. The molecule has 0 aliphatic carbocycles. The van der Waals surface area contributed by atoms with Crippen molar-refractivity contribution < 1.29 is 21.2 Å². The van der Waals surface area contributed by atoms with Crippen LogP contribution >= 0.6 is 0 Å². The van der Waals surface area contributed by atoms with Gasteiger partial charge in [0, 0.05) is 0 Å². The monoisotopic (exact) mass is 653 g/mol. The number of fused-ring (bicyclic) bond motifs is 6. The predicted molar refractivity (Wildman–Crippen MR) is 176 cm³/mol. The van der Waals surface area contributed by atoms with Gasteiger partial charge in [0.25, 0.3) is 0 Å². The summed E-state index contributed by atoms with van der Waals surface area (Å²) in [5, 5.41) is 6.51. The van der Waals surface area contributed by atoms with Crippen LogP contribution in [0.4, 0.5) is 28.4 Å². The van der Waals surface area contributed by atoms with Crippen LogP contribution in [0.15, 0.2) is 127 Å². The molecule has 2 heterocycles. The Morgan fingerprint density at radius 3 is 1.88 bits per heavy atom. The van der Waals surface area contributed by atoms with E-state index >= 15 is 0 Å². The minimum absolute atomic E-state index is 0.0790. The van der Waals surface area contributed by atoms with Gasteiger partial charge in [-0.15, -0.1) is 0 Å². The van der Waals surface area contributed by atoms with Crippen molar-refractivity contribution in [2.45, 2.75) is 26.2 Å². The molecule has 0 saturated carbocycles. The number of halogens is 1. The average molecular weight is 653 g/mol. The molecule has 2 nitrogen and oxygen atoms in total. The summed E-state index contributed by atoms with van der Waals surface area (Å²) >= 11 is -0.420. The SMILES string of the molecule is CC(C)(C)c1cc2c3c(c1)[I-]c1cc(N(c4ccccc4)c4ccccc4)c4ccccc4c1B3c1ccccc1N2. The van der Waals surface area contributed by atoms with Crippen molar-refractivity contribution in [1.82, 2.24) is 0 Å². The third-order valence-corrected chi connectivity index (χ3v) is 11.5. The number of rotatable bonds is 3. The molecule has 4 heteroatoms. The van der Waals surface area contributed by atoms with E-state index in [0.29, 0.717) is 0 Å². The first-order chi connectivity index (χ1) is 20.5. The molecule has 0 amide bonds. The van der Waals surface area contributed by atoms with Crippen LogP contribution in [0.2, 0.25) is 0 Å². The van der Waals surface area contributed by atoms with E-state index in [1.54, 1.807) is 3.57 Å². The Labute approximate surface area is 258 Å². The first-order valence-corrected chi connectivity index (χ1v) is 16.8. The second-order valence-electron chi connectivity index (χ2n) is 12.3. The molecule has 0 unspecified atom stereocenters. The van der Waals surface area contributed by atoms with Crippen molar-refractivity contribution in [3.63, 3.8) is 0 Å². The summed E-state index contributed by atoms with van der Waals surface area (Å²) in [5.41, 5.74) is 11.9. The van der Waals surface area contributed by atoms with Crippen LogP contribution in [0.5, 0.6) is 0 Å². The van der Waals surface area contributed by atoms with Gasteiger partial charge in [-0.05, 0) is 0 Å². The predicted octanol–water partition coefficient (Wildman–Crippen LogP) is 4.62. The zero-order valence-corrected chi connectivity index (χ0v) is 26.2. The number of hydrogen-bond acceptors (Lipinski definition) is 2. The molecule has 0 saturated heterocycles. The van der Waals surface area contributed by atoms with Gasteiger partial charge in [0.1, 0.15) is 0 Å². The molecule has 0 radical (unpaired) electrons. The summed E-state index contributed by atoms with van der Waals surface area (Å²) in [6.45, 7) is 7.20. The molecule has 6 aromatic carbocycles. The molecular formula is C38H31BIN2-. The van der Waals surface area contributed by atoms with Gasteiger partial charge in [-0.3, -0.25) is 0 Å². The molecule has 0 spiro atoms. The van der Waals surface area contributed by atoms with E-state index in [-0.39, 0.29) is 12.1 Å². The van der Waals surface area contributed by atoms with E-state index in [1.807, 2.05) is 0 Å². The maximum atomic E-state index is 3.85. The van der Waals surface area contributed by atoms with Gasteiger partial charge in [-0.25, -0.2) is 0 Å². The number of para-hydroxylation sites is 3. The van der Waals surface area contributed by atoms with Crippen molar-refractivity contribution in [3.05, 3.63) is 140 Å². The fourth-order valence-corrected chi connectivity index (χ4v) is 9.93. The quantitative estimate of drug-likeness (QED) is 0.221. The first-order valence-electron chi connectivity index (χ1n) is 14.6. The van der Waals surface area contributed by atoms with Crippen LogP contribution in [0.25, 0.3) is 10.8 Å². The van der Waals surface area contributed by atoms with Gasteiger partial charge in [0.15, 0.2) is 0 Å². The summed E-state index contributed by atoms with van der Waals surface area (Å²) < 4.78 is 3.06. The Hall–Kier alpha value is -4.03. The minimum atomic E-state index is -0.420. The topological polar surface area (TPSA) is 15.3 Å². The van der Waals surface area contributed by atoms with Gasteiger partial charge in [-0.2, -0.15) is 0 Å². The van der Waals surface area contributed by atoms with Gasteiger partial charge < -0.3 is 0 Å². The van der Waals surface area contributed by atoms with Gasteiger partial charge >= 0.3 is 260 Å². The molecule has 1 N–H and O–H groups in total. The molecule has 2 aliphatic heterocycles. The van der Waals surface area contributed by atoms with E-state index in [0.717, 1.165) is 0 Å². The van der Waals surface area contributed by atoms with E-state index in [2.05, 4.69) is 158 Å². The number of benzene rings is 6. The Morgan fingerprint density at radius 1 is 0.595 bits per heavy atom. The van der Waals surface area contributed by atoms with E-state index in [9.17, 15) is 0 Å². The number of hydrogen-bond donors (Lipinski definition) is 1. The van der Waals surface area contributed by atoms with Crippen LogP contribution in [-0.2, 0) is 5.41 Å². The van der Waals surface area contributed by atoms with Crippen molar-refractivity contribution in [2.24, 2.45) is 0 Å². The summed E-state index contributed by atoms with van der Waals surface area (Å²) in [6, 6.07) is 47.1. The molecule has 8 rings (SSSR count). The molecule has 0 atom stereocenters. The first kappa shape index (κ1) is 25.7. The Balaban J connectivity index is 1.44. The number of nitrogens with zero attached hydrogens (tertiary/aromatic N) is 1. The number of anilines is 5. The summed E-state index contributed by atoms with van der Waals surface area (Å²) in [6.07, 6.45) is 0. The van der Waals surface area contributed by atoms with Crippen molar-refractivity contribution >= 4 is 62.3 Å². The normalized spacial score (nSPS) is 13.4. The fourth-order valence-electron chi connectivity index (χ4n) is 6.58.